The molecule has 1 fully saturated rings. The standard InChI is InChI=1S/C21H12ClFN2O5S/c22-16-9-13(3-7-17(16)23)18-8-6-15(30-18)10-19-20(26)24(21(27)31-19)11-12-1-4-14(5-2-12)25(28)29/h1-10H,11H2/b19-10-. The molecular formula is C21H12ClFN2O5S. The summed E-state index contributed by atoms with van der Waals surface area (Å²) in [7, 11) is 0. The number of thioether (sulfide) groups is 1. The van der Waals surface area contributed by atoms with Gasteiger partial charge in [-0.15, -0.1) is 0 Å². The predicted octanol–water partition coefficient (Wildman–Crippen LogP) is 5.88. The lowest BCUT2D eigenvalue weighted by molar-refractivity contribution is -0.384. The summed E-state index contributed by atoms with van der Waals surface area (Å²) in [5.41, 5.74) is 1.08. The lowest BCUT2D eigenvalue weighted by Gasteiger charge is -2.12. The SMILES string of the molecule is O=C1S/C(=C\c2ccc(-c3ccc(F)c(Cl)c3)o2)C(=O)N1Cc1ccc([N+](=O)[O-])cc1. The molecule has 1 aliphatic rings. The highest BCUT2D eigenvalue weighted by Crippen LogP contribution is 2.34. The third-order valence-corrected chi connectivity index (χ3v) is 5.66. The monoisotopic (exact) mass is 458 g/mol. The Kier molecular flexibility index (Phi) is 5.62. The van der Waals surface area contributed by atoms with Gasteiger partial charge in [-0.2, -0.15) is 0 Å². The summed E-state index contributed by atoms with van der Waals surface area (Å²) < 4.78 is 19.0. The molecule has 10 heteroatoms. The number of nitro benzene ring substituents is 1. The second-order valence-corrected chi connectivity index (χ2v) is 7.92. The van der Waals surface area contributed by atoms with E-state index in [0.29, 0.717) is 22.6 Å². The van der Waals surface area contributed by atoms with Crippen LogP contribution in [0.5, 0.6) is 0 Å². The molecule has 156 valence electrons. The zero-order valence-electron chi connectivity index (χ0n) is 15.6. The van der Waals surface area contributed by atoms with E-state index in [1.54, 1.807) is 12.1 Å². The molecule has 31 heavy (non-hydrogen) atoms. The number of furan rings is 1. The molecule has 0 bridgehead atoms. The van der Waals surface area contributed by atoms with Gasteiger partial charge in [0.25, 0.3) is 16.8 Å². The quantitative estimate of drug-likeness (QED) is 0.269. The summed E-state index contributed by atoms with van der Waals surface area (Å²) >= 11 is 6.57. The van der Waals surface area contributed by atoms with Crippen molar-refractivity contribution in [1.82, 2.24) is 4.90 Å². The van der Waals surface area contributed by atoms with Gasteiger partial charge in [-0.05, 0) is 47.7 Å². The first kappa shape index (κ1) is 20.8. The first-order valence-corrected chi connectivity index (χ1v) is 10.1. The molecule has 2 amide bonds. The largest absolute Gasteiger partial charge is 0.457 e. The number of halogens is 2. The molecule has 0 radical (unpaired) electrons. The van der Waals surface area contributed by atoms with E-state index in [2.05, 4.69) is 0 Å². The number of nitrogens with zero attached hydrogens (tertiary/aromatic N) is 2. The number of hydrogen-bond donors (Lipinski definition) is 0. The van der Waals surface area contributed by atoms with Gasteiger partial charge < -0.3 is 4.42 Å². The number of imide groups is 1. The average molecular weight is 459 g/mol. The predicted molar refractivity (Wildman–Crippen MR) is 114 cm³/mol. The number of nitro groups is 1. The van der Waals surface area contributed by atoms with Crippen LogP contribution in [0.3, 0.4) is 0 Å². The van der Waals surface area contributed by atoms with Crippen LogP contribution in [0.2, 0.25) is 5.02 Å². The molecule has 0 N–H and O–H groups in total. The first-order chi connectivity index (χ1) is 14.8. The molecule has 0 saturated carbocycles. The molecule has 0 spiro atoms. The van der Waals surface area contributed by atoms with E-state index in [9.17, 15) is 24.1 Å². The van der Waals surface area contributed by atoms with Gasteiger partial charge in [-0.25, -0.2) is 4.39 Å². The van der Waals surface area contributed by atoms with Crippen molar-refractivity contribution in [2.24, 2.45) is 0 Å². The van der Waals surface area contributed by atoms with Gasteiger partial charge in [-0.1, -0.05) is 23.7 Å². The highest BCUT2D eigenvalue weighted by molar-refractivity contribution is 8.18. The molecule has 1 aliphatic heterocycles. The molecule has 0 aliphatic carbocycles. The van der Waals surface area contributed by atoms with Crippen LogP contribution in [0, 0.1) is 15.9 Å². The second-order valence-electron chi connectivity index (χ2n) is 6.52. The van der Waals surface area contributed by atoms with Crippen LogP contribution in [0.25, 0.3) is 17.4 Å². The smallest absolute Gasteiger partial charge is 0.293 e. The van der Waals surface area contributed by atoms with Crippen molar-refractivity contribution in [3.63, 3.8) is 0 Å². The summed E-state index contributed by atoms with van der Waals surface area (Å²) in [4.78, 5) is 36.4. The number of carbonyl (C=O) groups excluding carboxylic acids is 2. The van der Waals surface area contributed by atoms with Gasteiger partial charge in [0.05, 0.1) is 21.4 Å². The van der Waals surface area contributed by atoms with Gasteiger partial charge in [0.15, 0.2) is 0 Å². The number of hydrogen-bond acceptors (Lipinski definition) is 6. The second kappa shape index (κ2) is 8.37. The first-order valence-electron chi connectivity index (χ1n) is 8.86. The van der Waals surface area contributed by atoms with Gasteiger partial charge >= 0.3 is 0 Å². The zero-order valence-corrected chi connectivity index (χ0v) is 17.2. The lowest BCUT2D eigenvalue weighted by atomic mass is 10.2. The highest BCUT2D eigenvalue weighted by atomic mass is 35.5. The van der Waals surface area contributed by atoms with Crippen LogP contribution in [0.4, 0.5) is 14.9 Å². The Hall–Kier alpha value is -3.43. The van der Waals surface area contributed by atoms with Crippen LogP contribution in [0.15, 0.2) is 63.9 Å². The maximum Gasteiger partial charge on any atom is 0.293 e. The lowest BCUT2D eigenvalue weighted by Crippen LogP contribution is -2.27. The topological polar surface area (TPSA) is 93.7 Å². The van der Waals surface area contributed by atoms with Crippen LogP contribution < -0.4 is 0 Å². The molecule has 1 saturated heterocycles. The summed E-state index contributed by atoms with van der Waals surface area (Å²) in [6.07, 6.45) is 1.45. The van der Waals surface area contributed by atoms with Crippen LogP contribution in [0.1, 0.15) is 11.3 Å². The minimum atomic E-state index is -0.543. The summed E-state index contributed by atoms with van der Waals surface area (Å²) in [6.45, 7) is -0.00250. The normalized spacial score (nSPS) is 15.2. The number of non-ortho nitro benzene ring substituents is 1. The van der Waals surface area contributed by atoms with Gasteiger partial charge in [0, 0.05) is 23.8 Å². The van der Waals surface area contributed by atoms with Crippen molar-refractivity contribution in [3.8, 4) is 11.3 Å². The van der Waals surface area contributed by atoms with E-state index in [1.165, 1.54) is 48.5 Å². The van der Waals surface area contributed by atoms with E-state index in [-0.39, 0.29) is 22.2 Å². The van der Waals surface area contributed by atoms with Crippen molar-refractivity contribution in [3.05, 3.63) is 91.8 Å². The van der Waals surface area contributed by atoms with Crippen molar-refractivity contribution >= 4 is 46.3 Å². The molecule has 2 heterocycles. The minimum Gasteiger partial charge on any atom is -0.457 e. The molecule has 0 atom stereocenters. The van der Waals surface area contributed by atoms with Crippen molar-refractivity contribution in [2.45, 2.75) is 6.54 Å². The Morgan fingerprint density at radius 1 is 1.13 bits per heavy atom. The van der Waals surface area contributed by atoms with Crippen LogP contribution >= 0.6 is 23.4 Å². The Morgan fingerprint density at radius 2 is 1.87 bits per heavy atom. The number of benzene rings is 2. The Bertz CT molecular complexity index is 1240. The number of carbonyl (C=O) groups is 2. The molecular weight excluding hydrogens is 447 g/mol. The van der Waals surface area contributed by atoms with Gasteiger partial charge in [0.2, 0.25) is 0 Å². The summed E-state index contributed by atoms with van der Waals surface area (Å²) in [5, 5.41) is 10.3. The van der Waals surface area contributed by atoms with Gasteiger partial charge in [0.1, 0.15) is 17.3 Å². The average Bonchev–Trinajstić information content (AvgIpc) is 3.31. The molecule has 2 aromatic carbocycles. The van der Waals surface area contributed by atoms with E-state index in [4.69, 9.17) is 16.0 Å². The van der Waals surface area contributed by atoms with Crippen LogP contribution in [-0.4, -0.2) is 21.0 Å². The highest BCUT2D eigenvalue weighted by Gasteiger charge is 2.35. The fourth-order valence-corrected chi connectivity index (χ4v) is 3.91. The summed E-state index contributed by atoms with van der Waals surface area (Å²) in [5.74, 6) is -0.260. The van der Waals surface area contributed by atoms with E-state index >= 15 is 0 Å². The van der Waals surface area contributed by atoms with Crippen LogP contribution in [-0.2, 0) is 11.3 Å². The Morgan fingerprint density at radius 3 is 2.55 bits per heavy atom. The Balaban J connectivity index is 1.51. The number of rotatable bonds is 5. The number of amides is 2. The molecule has 0 unspecified atom stereocenters. The summed E-state index contributed by atoms with van der Waals surface area (Å²) in [6, 6.07) is 13.1. The Labute approximate surface area is 184 Å². The molecule has 1 aromatic heterocycles. The molecule has 3 aromatic rings. The molecule has 4 rings (SSSR count). The maximum atomic E-state index is 13.3. The van der Waals surface area contributed by atoms with Gasteiger partial charge in [-0.3, -0.25) is 24.6 Å². The van der Waals surface area contributed by atoms with Crippen molar-refractivity contribution in [2.75, 3.05) is 0 Å². The fraction of sp³-hybridized carbons (Fsp3) is 0.0476. The minimum absolute atomic E-state index is 0.00250. The molecule has 7 nitrogen and oxygen atoms in total. The zero-order chi connectivity index (χ0) is 22.1. The third-order valence-electron chi connectivity index (χ3n) is 4.47. The van der Waals surface area contributed by atoms with E-state index in [1.807, 2.05) is 0 Å². The van der Waals surface area contributed by atoms with Crippen molar-refractivity contribution < 1.29 is 23.3 Å². The van der Waals surface area contributed by atoms with E-state index in [0.717, 1.165) is 16.7 Å². The van der Waals surface area contributed by atoms with Crippen molar-refractivity contribution in [1.29, 1.82) is 0 Å². The van der Waals surface area contributed by atoms with E-state index < -0.39 is 21.9 Å². The third kappa shape index (κ3) is 4.37. The maximum absolute atomic E-state index is 13.3. The fourth-order valence-electron chi connectivity index (χ4n) is 2.91.